The number of hydrogen-bond acceptors (Lipinski definition) is 5. The number of aromatic amines is 1. The van der Waals surface area contributed by atoms with E-state index in [4.69, 9.17) is 28.2 Å². The Hall–Kier alpha value is -3.42. The lowest BCUT2D eigenvalue weighted by Crippen LogP contribution is -2.08. The van der Waals surface area contributed by atoms with Crippen LogP contribution in [0.2, 0.25) is 10.0 Å². The highest BCUT2D eigenvalue weighted by Gasteiger charge is 2.25. The summed E-state index contributed by atoms with van der Waals surface area (Å²) in [7, 11) is 0. The van der Waals surface area contributed by atoms with Gasteiger partial charge in [-0.15, -0.1) is 0 Å². The van der Waals surface area contributed by atoms with Crippen LogP contribution in [0, 0.1) is 16.0 Å². The van der Waals surface area contributed by atoms with Crippen molar-refractivity contribution in [3.05, 3.63) is 80.8 Å². The summed E-state index contributed by atoms with van der Waals surface area (Å²) in [6.45, 7) is 0.659. The maximum Gasteiger partial charge on any atom is 0.311 e. The molecule has 1 aliphatic carbocycles. The highest BCUT2D eigenvalue weighted by atomic mass is 35.5. The van der Waals surface area contributed by atoms with Crippen molar-refractivity contribution in [2.45, 2.75) is 12.8 Å². The van der Waals surface area contributed by atoms with Gasteiger partial charge in [0, 0.05) is 18.2 Å². The Labute approximate surface area is 200 Å². The zero-order valence-corrected chi connectivity index (χ0v) is 18.9. The zero-order valence-electron chi connectivity index (χ0n) is 17.4. The molecule has 2 aromatic carbocycles. The summed E-state index contributed by atoms with van der Waals surface area (Å²) in [5.74, 6) is 1.28. The molecule has 2 N–H and O–H groups in total. The average molecular weight is 480 g/mol. The van der Waals surface area contributed by atoms with Crippen molar-refractivity contribution >= 4 is 34.7 Å². The van der Waals surface area contributed by atoms with Gasteiger partial charge < -0.3 is 10.3 Å². The van der Waals surface area contributed by atoms with E-state index in [-0.39, 0.29) is 11.5 Å². The van der Waals surface area contributed by atoms with Crippen molar-refractivity contribution in [2.24, 2.45) is 5.92 Å². The fourth-order valence-corrected chi connectivity index (χ4v) is 4.21. The maximum atomic E-state index is 11.6. The first-order chi connectivity index (χ1) is 16.0. The van der Waals surface area contributed by atoms with Crippen molar-refractivity contribution in [2.75, 3.05) is 11.9 Å². The second-order valence-corrected chi connectivity index (χ2v) is 8.73. The Morgan fingerprint density at radius 3 is 2.39 bits per heavy atom. The average Bonchev–Trinajstić information content (AvgIpc) is 3.55. The number of pyridine rings is 1. The van der Waals surface area contributed by atoms with E-state index in [1.54, 1.807) is 24.3 Å². The molecular formula is C24H19Cl2N5O2. The fraction of sp³-hybridized carbons (Fsp3) is 0.167. The second-order valence-electron chi connectivity index (χ2n) is 7.92. The van der Waals surface area contributed by atoms with E-state index in [1.165, 1.54) is 6.07 Å². The van der Waals surface area contributed by atoms with Gasteiger partial charge in [-0.3, -0.25) is 10.1 Å². The van der Waals surface area contributed by atoms with Crippen molar-refractivity contribution in [3.63, 3.8) is 0 Å². The quantitative estimate of drug-likeness (QED) is 0.223. The summed E-state index contributed by atoms with van der Waals surface area (Å²) in [5.41, 5.74) is 3.19. The minimum absolute atomic E-state index is 0.0606. The van der Waals surface area contributed by atoms with Crippen LogP contribution in [0.4, 0.5) is 11.5 Å². The number of H-pyrrole nitrogens is 1. The van der Waals surface area contributed by atoms with Gasteiger partial charge in [0.1, 0.15) is 5.82 Å². The molecule has 0 amide bonds. The molecule has 1 saturated carbocycles. The van der Waals surface area contributed by atoms with E-state index in [0.29, 0.717) is 51.0 Å². The molecule has 0 spiro atoms. The molecule has 1 fully saturated rings. The number of nitro groups is 1. The van der Waals surface area contributed by atoms with Crippen LogP contribution in [0.1, 0.15) is 12.8 Å². The Bertz CT molecular complexity index is 1320. The highest BCUT2D eigenvalue weighted by Crippen LogP contribution is 2.39. The standard InChI is InChI=1S/C24H19Cl2N5O2/c25-16-7-4-8-17(26)20(16)24-29-21(15-5-2-1-3-6-15)22(30-24)18-11-12-19(31(32)33)23(28-18)27-13-14-9-10-14/h1-8,11-12,14H,9-10,13H2,(H,27,28)(H,29,30). The van der Waals surface area contributed by atoms with Gasteiger partial charge in [-0.25, -0.2) is 9.97 Å². The van der Waals surface area contributed by atoms with E-state index in [2.05, 4.69) is 15.3 Å². The number of imidazole rings is 1. The van der Waals surface area contributed by atoms with Gasteiger partial charge in [0.05, 0.1) is 37.6 Å². The monoisotopic (exact) mass is 479 g/mol. The molecule has 1 aliphatic rings. The van der Waals surface area contributed by atoms with Gasteiger partial charge in [0.25, 0.3) is 0 Å². The normalized spacial score (nSPS) is 13.2. The van der Waals surface area contributed by atoms with Crippen LogP contribution in [-0.4, -0.2) is 26.4 Å². The molecule has 2 heterocycles. The third kappa shape index (κ3) is 4.42. The molecule has 9 heteroatoms. The summed E-state index contributed by atoms with van der Waals surface area (Å²) in [4.78, 5) is 23.9. The summed E-state index contributed by atoms with van der Waals surface area (Å²) in [6.07, 6.45) is 2.25. The van der Waals surface area contributed by atoms with Crippen LogP contribution in [0.5, 0.6) is 0 Å². The van der Waals surface area contributed by atoms with Crippen LogP contribution >= 0.6 is 23.2 Å². The van der Waals surface area contributed by atoms with Gasteiger partial charge in [0.15, 0.2) is 0 Å². The molecule has 166 valence electrons. The SMILES string of the molecule is O=[N+]([O-])c1ccc(-c2[nH]c(-c3c(Cl)cccc3Cl)nc2-c2ccccc2)nc1NCC1CC1. The van der Waals surface area contributed by atoms with Crippen LogP contribution in [0.15, 0.2) is 60.7 Å². The van der Waals surface area contributed by atoms with Gasteiger partial charge >= 0.3 is 5.69 Å². The van der Waals surface area contributed by atoms with Crippen molar-refractivity contribution in [1.29, 1.82) is 0 Å². The minimum atomic E-state index is -0.425. The second kappa shape index (κ2) is 8.84. The third-order valence-corrected chi connectivity index (χ3v) is 6.16. The molecule has 4 aromatic rings. The molecule has 7 nitrogen and oxygen atoms in total. The molecule has 33 heavy (non-hydrogen) atoms. The highest BCUT2D eigenvalue weighted by molar-refractivity contribution is 6.39. The van der Waals surface area contributed by atoms with Crippen molar-refractivity contribution < 1.29 is 4.92 Å². The lowest BCUT2D eigenvalue weighted by molar-refractivity contribution is -0.384. The van der Waals surface area contributed by atoms with Crippen LogP contribution in [-0.2, 0) is 0 Å². The number of nitrogens with one attached hydrogen (secondary N) is 2. The molecular weight excluding hydrogens is 461 g/mol. The number of anilines is 1. The molecule has 0 atom stereocenters. The lowest BCUT2D eigenvalue weighted by Gasteiger charge is -2.08. The summed E-state index contributed by atoms with van der Waals surface area (Å²) in [5, 5.41) is 15.6. The number of aromatic nitrogens is 3. The van der Waals surface area contributed by atoms with Crippen LogP contribution in [0.25, 0.3) is 34.0 Å². The predicted octanol–water partition coefficient (Wildman–Crippen LogP) is 6.84. The predicted molar refractivity (Wildman–Crippen MR) is 131 cm³/mol. The third-order valence-electron chi connectivity index (χ3n) is 5.53. The molecule has 0 unspecified atom stereocenters. The minimum Gasteiger partial charge on any atom is -0.364 e. The Kier molecular flexibility index (Phi) is 5.74. The number of nitrogens with zero attached hydrogens (tertiary/aromatic N) is 3. The Morgan fingerprint density at radius 1 is 1.00 bits per heavy atom. The van der Waals surface area contributed by atoms with E-state index < -0.39 is 4.92 Å². The van der Waals surface area contributed by atoms with Crippen LogP contribution < -0.4 is 5.32 Å². The molecule has 0 saturated heterocycles. The molecule has 2 aromatic heterocycles. The maximum absolute atomic E-state index is 11.6. The lowest BCUT2D eigenvalue weighted by atomic mass is 10.1. The number of rotatable bonds is 7. The van der Waals surface area contributed by atoms with E-state index in [1.807, 2.05) is 30.3 Å². The zero-order chi connectivity index (χ0) is 22.9. The fourth-order valence-electron chi connectivity index (χ4n) is 3.64. The Morgan fingerprint density at radius 2 is 1.73 bits per heavy atom. The van der Waals surface area contributed by atoms with Gasteiger partial charge in [-0.05, 0) is 37.0 Å². The first kappa shape index (κ1) is 21.4. The van der Waals surface area contributed by atoms with Gasteiger partial charge in [0.2, 0.25) is 5.82 Å². The summed E-state index contributed by atoms with van der Waals surface area (Å²) < 4.78 is 0. The van der Waals surface area contributed by atoms with E-state index in [9.17, 15) is 10.1 Å². The molecule has 5 rings (SSSR count). The van der Waals surface area contributed by atoms with E-state index in [0.717, 1.165) is 18.4 Å². The number of halogens is 2. The van der Waals surface area contributed by atoms with Gasteiger partial charge in [-0.1, -0.05) is 59.6 Å². The summed E-state index contributed by atoms with van der Waals surface area (Å²) in [6, 6.07) is 18.0. The largest absolute Gasteiger partial charge is 0.364 e. The van der Waals surface area contributed by atoms with Crippen molar-refractivity contribution in [3.8, 4) is 34.0 Å². The molecule has 0 aliphatic heterocycles. The first-order valence-corrected chi connectivity index (χ1v) is 11.3. The van der Waals surface area contributed by atoms with E-state index >= 15 is 0 Å². The smallest absolute Gasteiger partial charge is 0.311 e. The van der Waals surface area contributed by atoms with Crippen molar-refractivity contribution in [1.82, 2.24) is 15.0 Å². The summed E-state index contributed by atoms with van der Waals surface area (Å²) >= 11 is 12.9. The number of hydrogen-bond donors (Lipinski definition) is 2. The first-order valence-electron chi connectivity index (χ1n) is 10.5. The van der Waals surface area contributed by atoms with Crippen LogP contribution in [0.3, 0.4) is 0 Å². The number of benzene rings is 2. The topological polar surface area (TPSA) is 96.7 Å². The van der Waals surface area contributed by atoms with Gasteiger partial charge in [-0.2, -0.15) is 0 Å². The Balaban J connectivity index is 1.66. The molecule has 0 radical (unpaired) electrons. The molecule has 0 bridgehead atoms.